The molecule has 0 aliphatic heterocycles. The first kappa shape index (κ1) is 9.41. The van der Waals surface area contributed by atoms with Crippen molar-refractivity contribution in [1.29, 1.82) is 0 Å². The van der Waals surface area contributed by atoms with E-state index in [0.29, 0.717) is 17.4 Å². The van der Waals surface area contributed by atoms with Crippen LogP contribution >= 0.6 is 0 Å². The van der Waals surface area contributed by atoms with Crippen LogP contribution in [0.2, 0.25) is 0 Å². The Balaban J connectivity index is 3.30. The van der Waals surface area contributed by atoms with Gasteiger partial charge in [-0.25, -0.2) is 5.84 Å². The molecule has 0 saturated carbocycles. The number of carbonyl (C=O) groups is 2. The van der Waals surface area contributed by atoms with Crippen LogP contribution in [0.25, 0.3) is 0 Å². The largest absolute Gasteiger partial charge is 0.298 e. The minimum atomic E-state index is -0.444. The van der Waals surface area contributed by atoms with Crippen molar-refractivity contribution in [1.82, 2.24) is 5.43 Å². The number of nitrogen functional groups attached to an aromatic ring is 1. The molecule has 0 aliphatic rings. The molecule has 0 radical (unpaired) electrons. The lowest BCUT2D eigenvalue weighted by Gasteiger charge is -2.05. The van der Waals surface area contributed by atoms with E-state index in [1.54, 1.807) is 25.1 Å². The van der Waals surface area contributed by atoms with Crippen LogP contribution in [0.1, 0.15) is 26.3 Å². The van der Waals surface area contributed by atoms with Crippen LogP contribution in [0.3, 0.4) is 0 Å². The number of benzene rings is 1. The number of aryl methyl sites for hydroxylation is 1. The third-order valence-corrected chi connectivity index (χ3v) is 1.79. The Kier molecular flexibility index (Phi) is 2.76. The normalized spacial score (nSPS) is 9.38. The molecule has 4 nitrogen and oxygen atoms in total. The Morgan fingerprint density at radius 3 is 2.77 bits per heavy atom. The zero-order valence-electron chi connectivity index (χ0n) is 7.20. The maximum atomic E-state index is 11.2. The topological polar surface area (TPSA) is 72.2 Å². The van der Waals surface area contributed by atoms with E-state index in [-0.39, 0.29) is 0 Å². The van der Waals surface area contributed by atoms with Crippen molar-refractivity contribution in [3.63, 3.8) is 0 Å². The van der Waals surface area contributed by atoms with E-state index in [9.17, 15) is 9.59 Å². The smallest absolute Gasteiger partial charge is 0.266 e. The lowest BCUT2D eigenvalue weighted by atomic mass is 10.0. The molecular weight excluding hydrogens is 168 g/mol. The summed E-state index contributed by atoms with van der Waals surface area (Å²) in [5, 5.41) is 0. The maximum Gasteiger partial charge on any atom is 0.266 e. The first-order chi connectivity index (χ1) is 6.20. The van der Waals surface area contributed by atoms with Gasteiger partial charge in [0.05, 0.1) is 5.56 Å². The van der Waals surface area contributed by atoms with Crippen molar-refractivity contribution in [2.24, 2.45) is 5.84 Å². The molecule has 1 aromatic rings. The van der Waals surface area contributed by atoms with Gasteiger partial charge in [0.15, 0.2) is 6.29 Å². The molecule has 0 heterocycles. The molecule has 68 valence electrons. The van der Waals surface area contributed by atoms with Gasteiger partial charge in [-0.1, -0.05) is 18.2 Å². The summed E-state index contributed by atoms with van der Waals surface area (Å²) >= 11 is 0. The average molecular weight is 178 g/mol. The minimum Gasteiger partial charge on any atom is -0.298 e. The second-order valence-electron chi connectivity index (χ2n) is 2.63. The Morgan fingerprint density at radius 2 is 2.23 bits per heavy atom. The number of nitrogens with one attached hydrogen (secondary N) is 1. The van der Waals surface area contributed by atoms with Crippen molar-refractivity contribution in [2.75, 3.05) is 0 Å². The Bertz CT molecular complexity index is 347. The highest BCUT2D eigenvalue weighted by atomic mass is 16.2. The average Bonchev–Trinajstić information content (AvgIpc) is 2.16. The summed E-state index contributed by atoms with van der Waals surface area (Å²) in [6, 6.07) is 5.04. The van der Waals surface area contributed by atoms with Gasteiger partial charge in [0.1, 0.15) is 0 Å². The fraction of sp³-hybridized carbons (Fsp3) is 0.111. The molecule has 1 amide bonds. The second-order valence-corrected chi connectivity index (χ2v) is 2.63. The Labute approximate surface area is 75.7 Å². The van der Waals surface area contributed by atoms with E-state index in [4.69, 9.17) is 5.84 Å². The maximum absolute atomic E-state index is 11.2. The van der Waals surface area contributed by atoms with Crippen LogP contribution in [0.15, 0.2) is 18.2 Å². The number of rotatable bonds is 2. The molecular formula is C9H10N2O2. The summed E-state index contributed by atoms with van der Waals surface area (Å²) in [4.78, 5) is 21.8. The predicted octanol–water partition coefficient (Wildman–Crippen LogP) is 0.411. The fourth-order valence-electron chi connectivity index (χ4n) is 1.17. The van der Waals surface area contributed by atoms with Crippen LogP contribution in [-0.4, -0.2) is 12.2 Å². The van der Waals surface area contributed by atoms with Crippen LogP contribution in [0.4, 0.5) is 0 Å². The highest BCUT2D eigenvalue weighted by Crippen LogP contribution is 2.11. The molecule has 1 rings (SSSR count). The van der Waals surface area contributed by atoms with Gasteiger partial charge in [-0.2, -0.15) is 0 Å². The Hall–Kier alpha value is -1.68. The third-order valence-electron chi connectivity index (χ3n) is 1.79. The number of hydrazine groups is 1. The summed E-state index contributed by atoms with van der Waals surface area (Å²) in [7, 11) is 0. The molecule has 0 saturated heterocycles. The molecule has 0 bridgehead atoms. The minimum absolute atomic E-state index is 0.333. The first-order valence-corrected chi connectivity index (χ1v) is 3.76. The van der Waals surface area contributed by atoms with Crippen LogP contribution < -0.4 is 11.3 Å². The van der Waals surface area contributed by atoms with Gasteiger partial charge in [-0.15, -0.1) is 0 Å². The number of nitrogens with two attached hydrogens (primary N) is 1. The van der Waals surface area contributed by atoms with Crippen LogP contribution in [0.5, 0.6) is 0 Å². The number of carbonyl (C=O) groups excluding carboxylic acids is 2. The molecule has 0 atom stereocenters. The molecule has 0 spiro atoms. The van der Waals surface area contributed by atoms with E-state index >= 15 is 0 Å². The van der Waals surface area contributed by atoms with Crippen LogP contribution in [-0.2, 0) is 0 Å². The zero-order valence-corrected chi connectivity index (χ0v) is 7.20. The zero-order chi connectivity index (χ0) is 9.84. The van der Waals surface area contributed by atoms with Crippen LogP contribution in [0, 0.1) is 6.92 Å². The van der Waals surface area contributed by atoms with Crippen molar-refractivity contribution >= 4 is 12.2 Å². The van der Waals surface area contributed by atoms with E-state index < -0.39 is 5.91 Å². The molecule has 3 N–H and O–H groups in total. The lowest BCUT2D eigenvalue weighted by Crippen LogP contribution is -2.31. The monoisotopic (exact) mass is 178 g/mol. The van der Waals surface area contributed by atoms with Gasteiger partial charge in [0, 0.05) is 5.56 Å². The van der Waals surface area contributed by atoms with E-state index in [2.05, 4.69) is 0 Å². The molecule has 0 fully saturated rings. The van der Waals surface area contributed by atoms with Crippen molar-refractivity contribution in [3.8, 4) is 0 Å². The molecule has 4 heteroatoms. The van der Waals surface area contributed by atoms with E-state index in [0.717, 1.165) is 5.56 Å². The van der Waals surface area contributed by atoms with E-state index in [1.807, 2.05) is 5.43 Å². The van der Waals surface area contributed by atoms with Gasteiger partial charge >= 0.3 is 0 Å². The van der Waals surface area contributed by atoms with E-state index in [1.165, 1.54) is 0 Å². The third kappa shape index (κ3) is 1.73. The highest BCUT2D eigenvalue weighted by Gasteiger charge is 2.11. The number of hydrogen-bond donors (Lipinski definition) is 2. The standard InChI is InChI=1S/C9H10N2O2/c1-6-3-2-4-7(5-12)8(6)9(13)11-10/h2-5H,10H2,1H3,(H,11,13). The molecule has 1 aromatic carbocycles. The van der Waals surface area contributed by atoms with Gasteiger partial charge in [0.2, 0.25) is 0 Å². The molecule has 13 heavy (non-hydrogen) atoms. The summed E-state index contributed by atoms with van der Waals surface area (Å²) in [5.41, 5.74) is 3.41. The van der Waals surface area contributed by atoms with Gasteiger partial charge in [-0.3, -0.25) is 15.0 Å². The summed E-state index contributed by atoms with van der Waals surface area (Å²) in [6.45, 7) is 1.75. The van der Waals surface area contributed by atoms with Crippen molar-refractivity contribution in [3.05, 3.63) is 34.9 Å². The Morgan fingerprint density at radius 1 is 1.54 bits per heavy atom. The number of aldehydes is 1. The van der Waals surface area contributed by atoms with Gasteiger partial charge in [0.25, 0.3) is 5.91 Å². The first-order valence-electron chi connectivity index (χ1n) is 3.76. The van der Waals surface area contributed by atoms with Gasteiger partial charge in [-0.05, 0) is 12.5 Å². The second kappa shape index (κ2) is 3.82. The molecule has 0 aromatic heterocycles. The quantitative estimate of drug-likeness (QED) is 0.298. The highest BCUT2D eigenvalue weighted by molar-refractivity contribution is 6.02. The van der Waals surface area contributed by atoms with Gasteiger partial charge < -0.3 is 0 Å². The fourth-order valence-corrected chi connectivity index (χ4v) is 1.17. The molecule has 0 unspecified atom stereocenters. The van der Waals surface area contributed by atoms with Crippen molar-refractivity contribution < 1.29 is 9.59 Å². The lowest BCUT2D eigenvalue weighted by molar-refractivity contribution is 0.0947. The molecule has 0 aliphatic carbocycles. The summed E-state index contributed by atoms with van der Waals surface area (Å²) in [6.07, 6.45) is 0.636. The summed E-state index contributed by atoms with van der Waals surface area (Å²) < 4.78 is 0. The SMILES string of the molecule is Cc1cccc(C=O)c1C(=O)NN. The predicted molar refractivity (Wildman–Crippen MR) is 48.2 cm³/mol. The van der Waals surface area contributed by atoms with Crippen molar-refractivity contribution in [2.45, 2.75) is 6.92 Å². The number of amides is 1. The number of hydrogen-bond acceptors (Lipinski definition) is 3. The summed E-state index contributed by atoms with van der Waals surface area (Å²) in [5.74, 6) is 4.54.